The molecule has 2 aromatic carbocycles. The molecule has 2 saturated carbocycles. The van der Waals surface area contributed by atoms with E-state index < -0.39 is 23.1 Å². The third kappa shape index (κ3) is 3.88. The number of carbonyl (C=O) groups excluding carboxylic acids is 2. The number of carbonyl (C=O) groups is 2. The quantitative estimate of drug-likeness (QED) is 0.433. The molecule has 0 bridgehead atoms. The van der Waals surface area contributed by atoms with E-state index in [0.717, 1.165) is 55.2 Å². The molecule has 0 saturated heterocycles. The van der Waals surface area contributed by atoms with Gasteiger partial charge in [-0.25, -0.2) is 0 Å². The molecule has 7 nitrogen and oxygen atoms in total. The van der Waals surface area contributed by atoms with Gasteiger partial charge in [-0.1, -0.05) is 6.92 Å². The van der Waals surface area contributed by atoms with E-state index in [1.165, 1.54) is 11.0 Å². The number of fused-ring (bicyclic) bond motifs is 1. The first kappa shape index (κ1) is 24.6. The number of amides is 1. The first-order valence-corrected chi connectivity index (χ1v) is 12.9. The maximum absolute atomic E-state index is 13.9. The lowest BCUT2D eigenvalue weighted by Gasteiger charge is -2.46. The number of aryl methyl sites for hydroxylation is 1. The molecule has 3 aromatic rings. The van der Waals surface area contributed by atoms with Crippen molar-refractivity contribution in [2.24, 2.45) is 13.0 Å². The third-order valence-corrected chi connectivity index (χ3v) is 8.30. The minimum atomic E-state index is -4.69. The lowest BCUT2D eigenvalue weighted by molar-refractivity contribution is -0.138. The number of nitrogens with one attached hydrogen (secondary N) is 1. The molecule has 10 heteroatoms. The molecule has 2 heterocycles. The van der Waals surface area contributed by atoms with Crippen LogP contribution in [-0.4, -0.2) is 33.0 Å². The van der Waals surface area contributed by atoms with Gasteiger partial charge < -0.3 is 14.8 Å². The second-order valence-electron chi connectivity index (χ2n) is 11.0. The van der Waals surface area contributed by atoms with Crippen LogP contribution in [0.2, 0.25) is 0 Å². The average Bonchev–Trinajstić information content (AvgIpc) is 3.41. The number of hydrogen-bond donors (Lipinski definition) is 1. The van der Waals surface area contributed by atoms with Crippen molar-refractivity contribution in [3.63, 3.8) is 0 Å². The van der Waals surface area contributed by atoms with Gasteiger partial charge in [0, 0.05) is 35.6 Å². The summed E-state index contributed by atoms with van der Waals surface area (Å²) in [6.07, 6.45) is 2.25. The highest BCUT2D eigenvalue weighted by Gasteiger charge is 2.49. The van der Waals surface area contributed by atoms with E-state index in [9.17, 15) is 22.8 Å². The third-order valence-electron chi connectivity index (χ3n) is 8.30. The minimum absolute atomic E-state index is 0.0823. The van der Waals surface area contributed by atoms with Crippen LogP contribution in [0.15, 0.2) is 36.7 Å². The van der Waals surface area contributed by atoms with Crippen LogP contribution in [0.1, 0.15) is 82.3 Å². The summed E-state index contributed by atoms with van der Waals surface area (Å²) in [7, 11) is 1.90. The molecular weight excluding hydrogens is 495 g/mol. The van der Waals surface area contributed by atoms with Crippen molar-refractivity contribution in [3.8, 4) is 0 Å². The predicted octanol–water partition coefficient (Wildman–Crippen LogP) is 5.49. The number of alkyl halides is 3. The molecule has 0 spiro atoms. The summed E-state index contributed by atoms with van der Waals surface area (Å²) in [6.45, 7) is 1.96. The summed E-state index contributed by atoms with van der Waals surface area (Å²) < 4.78 is 43.6. The highest BCUT2D eigenvalue weighted by atomic mass is 19.4. The van der Waals surface area contributed by atoms with Gasteiger partial charge in [-0.15, -0.1) is 10.2 Å². The van der Waals surface area contributed by atoms with Crippen LogP contribution in [0.5, 0.6) is 0 Å². The second kappa shape index (κ2) is 8.68. The van der Waals surface area contributed by atoms with Gasteiger partial charge in [-0.2, -0.15) is 13.2 Å². The number of aldehydes is 1. The maximum atomic E-state index is 13.9. The van der Waals surface area contributed by atoms with E-state index in [1.54, 1.807) is 6.33 Å². The van der Waals surface area contributed by atoms with Crippen LogP contribution >= 0.6 is 0 Å². The first-order valence-electron chi connectivity index (χ1n) is 12.9. The largest absolute Gasteiger partial charge is 0.416 e. The molecule has 1 amide bonds. The zero-order valence-corrected chi connectivity index (χ0v) is 21.2. The highest BCUT2D eigenvalue weighted by Crippen LogP contribution is 2.53. The zero-order valence-electron chi connectivity index (χ0n) is 21.2. The molecule has 1 N–H and O–H groups in total. The molecule has 0 radical (unpaired) electrons. The normalized spacial score (nSPS) is 23.1. The maximum Gasteiger partial charge on any atom is 0.416 e. The molecule has 198 valence electrons. The predicted molar refractivity (Wildman–Crippen MR) is 135 cm³/mol. The average molecular weight is 524 g/mol. The van der Waals surface area contributed by atoms with Crippen molar-refractivity contribution in [1.82, 2.24) is 14.8 Å². The van der Waals surface area contributed by atoms with E-state index in [1.807, 2.05) is 23.7 Å². The van der Waals surface area contributed by atoms with Crippen LogP contribution in [0.4, 0.5) is 24.5 Å². The first-order chi connectivity index (χ1) is 18.1. The molecule has 6 rings (SSSR count). The lowest BCUT2D eigenvalue weighted by atomic mass is 9.58. The van der Waals surface area contributed by atoms with Gasteiger partial charge in [0.25, 0.3) is 5.91 Å². The van der Waals surface area contributed by atoms with E-state index in [2.05, 4.69) is 28.5 Å². The van der Waals surface area contributed by atoms with E-state index in [0.29, 0.717) is 23.9 Å². The Balaban J connectivity index is 1.46. The minimum Gasteiger partial charge on any atom is -0.382 e. The van der Waals surface area contributed by atoms with Crippen molar-refractivity contribution in [3.05, 3.63) is 70.3 Å². The van der Waals surface area contributed by atoms with Gasteiger partial charge in [0.2, 0.25) is 0 Å². The van der Waals surface area contributed by atoms with Crippen molar-refractivity contribution in [2.75, 3.05) is 10.2 Å². The van der Waals surface area contributed by atoms with Crippen LogP contribution in [0.3, 0.4) is 0 Å². The smallest absolute Gasteiger partial charge is 0.382 e. The summed E-state index contributed by atoms with van der Waals surface area (Å²) in [6, 6.07) is 8.23. The van der Waals surface area contributed by atoms with Crippen LogP contribution in [-0.2, 0) is 25.2 Å². The molecule has 3 aliphatic rings. The molecule has 0 atom stereocenters. The number of aromatic nitrogens is 3. The van der Waals surface area contributed by atoms with Gasteiger partial charge in [0.15, 0.2) is 0 Å². The summed E-state index contributed by atoms with van der Waals surface area (Å²) >= 11 is 0. The molecular formula is C28H28F3N5O2. The van der Waals surface area contributed by atoms with Crippen LogP contribution in [0, 0.1) is 5.92 Å². The number of rotatable bonds is 6. The number of hydrogen-bond acceptors (Lipinski definition) is 5. The topological polar surface area (TPSA) is 80.1 Å². The van der Waals surface area contributed by atoms with Gasteiger partial charge in [-0.3, -0.25) is 9.59 Å². The van der Waals surface area contributed by atoms with E-state index >= 15 is 0 Å². The summed E-state index contributed by atoms with van der Waals surface area (Å²) in [5.74, 6) is 0.746. The second-order valence-corrected chi connectivity index (χ2v) is 11.0. The summed E-state index contributed by atoms with van der Waals surface area (Å²) in [4.78, 5) is 26.3. The number of benzene rings is 2. The Bertz CT molecular complexity index is 1440. The van der Waals surface area contributed by atoms with Crippen molar-refractivity contribution in [1.29, 1.82) is 0 Å². The number of anilines is 2. The Labute approximate surface area is 218 Å². The Morgan fingerprint density at radius 3 is 2.47 bits per heavy atom. The lowest BCUT2D eigenvalue weighted by Crippen LogP contribution is -2.43. The SMILES string of the molecule is CC1CC(c2cc(NC3CCC3)cc(N3Cc4c(cc(C=O)cc4C(F)(F)F)C3=O)c2)(c2nncn2C)C1. The Kier molecular flexibility index (Phi) is 5.62. The van der Waals surface area contributed by atoms with E-state index in [4.69, 9.17) is 0 Å². The fourth-order valence-electron chi connectivity index (χ4n) is 6.27. The van der Waals surface area contributed by atoms with Crippen LogP contribution < -0.4 is 10.2 Å². The Morgan fingerprint density at radius 2 is 1.89 bits per heavy atom. The molecule has 2 fully saturated rings. The highest BCUT2D eigenvalue weighted by molar-refractivity contribution is 6.11. The summed E-state index contributed by atoms with van der Waals surface area (Å²) in [5.41, 5.74) is 0.600. The molecule has 0 unspecified atom stereocenters. The number of nitrogens with zero attached hydrogens (tertiary/aromatic N) is 4. The van der Waals surface area contributed by atoms with Crippen molar-refractivity contribution in [2.45, 2.75) is 63.2 Å². The molecule has 2 aliphatic carbocycles. The Hall–Kier alpha value is -3.69. The number of halogens is 3. The standard InChI is InChI=1S/C28H28F3N5O2/c1-16-11-27(12-16,26-34-32-15-35(26)2)18-8-20(33-19-4-3-5-19)10-21(9-18)36-13-23-22(25(36)38)6-17(14-37)7-24(23)28(29,30)31/h6-10,14-16,19,33H,3-5,11-13H2,1-2H3. The van der Waals surface area contributed by atoms with Crippen molar-refractivity contribution < 1.29 is 22.8 Å². The fraction of sp³-hybridized carbons (Fsp3) is 0.429. The molecule has 1 aromatic heterocycles. The zero-order chi connectivity index (χ0) is 26.8. The van der Waals surface area contributed by atoms with Gasteiger partial charge in [0.1, 0.15) is 18.4 Å². The Morgan fingerprint density at radius 1 is 1.13 bits per heavy atom. The molecule has 38 heavy (non-hydrogen) atoms. The van der Waals surface area contributed by atoms with E-state index in [-0.39, 0.29) is 23.2 Å². The molecule has 1 aliphatic heterocycles. The fourth-order valence-corrected chi connectivity index (χ4v) is 6.27. The summed E-state index contributed by atoms with van der Waals surface area (Å²) in [5, 5.41) is 12.1. The van der Waals surface area contributed by atoms with Gasteiger partial charge >= 0.3 is 6.18 Å². The monoisotopic (exact) mass is 523 g/mol. The van der Waals surface area contributed by atoms with Crippen LogP contribution in [0.25, 0.3) is 0 Å². The van der Waals surface area contributed by atoms with Gasteiger partial charge in [0.05, 0.1) is 17.5 Å². The van der Waals surface area contributed by atoms with Crippen molar-refractivity contribution >= 4 is 23.6 Å². The van der Waals surface area contributed by atoms with Gasteiger partial charge in [-0.05, 0) is 79.5 Å².